The Hall–Kier alpha value is -3.55. The molecule has 0 aromatic heterocycles. The van der Waals surface area contributed by atoms with Crippen molar-refractivity contribution in [3.05, 3.63) is 65.0 Å². The van der Waals surface area contributed by atoms with E-state index >= 15 is 0 Å². The first-order chi connectivity index (χ1) is 12.9. The van der Waals surface area contributed by atoms with Crippen LogP contribution in [0.5, 0.6) is 0 Å². The molecule has 0 bridgehead atoms. The Morgan fingerprint density at radius 3 is 2.30 bits per heavy atom. The number of fused-ring (bicyclic) bond motifs is 1. The third-order valence-corrected chi connectivity index (χ3v) is 4.02. The van der Waals surface area contributed by atoms with Gasteiger partial charge in [-0.25, -0.2) is 9.29 Å². The number of nitrogens with one attached hydrogen (secondary N) is 2. The van der Waals surface area contributed by atoms with Gasteiger partial charge in [-0.1, -0.05) is 0 Å². The first-order valence-electron chi connectivity index (χ1n) is 8.25. The van der Waals surface area contributed by atoms with E-state index in [4.69, 9.17) is 0 Å². The highest BCUT2D eigenvalue weighted by Gasteiger charge is 2.37. The van der Waals surface area contributed by atoms with Crippen LogP contribution in [-0.2, 0) is 4.79 Å². The van der Waals surface area contributed by atoms with Crippen molar-refractivity contribution >= 4 is 29.3 Å². The van der Waals surface area contributed by atoms with E-state index < -0.39 is 23.5 Å². The lowest BCUT2D eigenvalue weighted by Gasteiger charge is -2.13. The van der Waals surface area contributed by atoms with Crippen LogP contribution in [-0.4, -0.2) is 36.7 Å². The van der Waals surface area contributed by atoms with Gasteiger partial charge in [0.2, 0.25) is 5.91 Å². The SMILES string of the molecule is CCNC(=O)CNC(=O)c1ccc2c(c1)C(=O)N(c1ccc(F)cc1)C2=O. The van der Waals surface area contributed by atoms with Crippen LogP contribution in [0, 0.1) is 5.82 Å². The maximum absolute atomic E-state index is 13.1. The number of hydrogen-bond acceptors (Lipinski definition) is 4. The molecular weight excluding hydrogens is 353 g/mol. The summed E-state index contributed by atoms with van der Waals surface area (Å²) in [6.45, 7) is 2.01. The second-order valence-electron chi connectivity index (χ2n) is 5.82. The van der Waals surface area contributed by atoms with Crippen molar-refractivity contribution in [1.82, 2.24) is 10.6 Å². The Kier molecular flexibility index (Phi) is 4.98. The number of likely N-dealkylation sites (N-methyl/N-ethyl adjacent to an activating group) is 1. The molecule has 1 heterocycles. The lowest BCUT2D eigenvalue weighted by Crippen LogP contribution is -2.36. The summed E-state index contributed by atoms with van der Waals surface area (Å²) in [6.07, 6.45) is 0. The molecule has 138 valence electrons. The van der Waals surface area contributed by atoms with Crippen LogP contribution >= 0.6 is 0 Å². The number of anilines is 1. The lowest BCUT2D eigenvalue weighted by atomic mass is 10.1. The molecule has 2 N–H and O–H groups in total. The molecule has 0 atom stereocenters. The summed E-state index contributed by atoms with van der Waals surface area (Å²) < 4.78 is 13.1. The molecule has 0 fully saturated rings. The number of nitrogens with zero attached hydrogens (tertiary/aromatic N) is 1. The zero-order valence-electron chi connectivity index (χ0n) is 14.4. The maximum atomic E-state index is 13.1. The minimum Gasteiger partial charge on any atom is -0.355 e. The van der Waals surface area contributed by atoms with Gasteiger partial charge in [0.15, 0.2) is 0 Å². The zero-order chi connectivity index (χ0) is 19.6. The number of carbonyl (C=O) groups is 4. The first-order valence-corrected chi connectivity index (χ1v) is 8.25. The Balaban J connectivity index is 1.82. The van der Waals surface area contributed by atoms with Crippen LogP contribution in [0.25, 0.3) is 0 Å². The van der Waals surface area contributed by atoms with Crippen LogP contribution in [0.4, 0.5) is 10.1 Å². The molecule has 1 aliphatic rings. The number of benzene rings is 2. The van der Waals surface area contributed by atoms with Crippen molar-refractivity contribution in [1.29, 1.82) is 0 Å². The predicted octanol–water partition coefficient (Wildman–Crippen LogP) is 1.49. The Bertz CT molecular complexity index is 940. The summed E-state index contributed by atoms with van der Waals surface area (Å²) in [5.74, 6) is -2.50. The monoisotopic (exact) mass is 369 g/mol. The molecule has 27 heavy (non-hydrogen) atoms. The Morgan fingerprint density at radius 1 is 0.963 bits per heavy atom. The van der Waals surface area contributed by atoms with Crippen LogP contribution in [0.3, 0.4) is 0 Å². The maximum Gasteiger partial charge on any atom is 0.266 e. The van der Waals surface area contributed by atoms with Gasteiger partial charge in [0, 0.05) is 12.1 Å². The van der Waals surface area contributed by atoms with Crippen LogP contribution in [0.15, 0.2) is 42.5 Å². The summed E-state index contributed by atoms with van der Waals surface area (Å²) in [5.41, 5.74) is 0.629. The number of rotatable bonds is 5. The topological polar surface area (TPSA) is 95.6 Å². The van der Waals surface area contributed by atoms with Gasteiger partial charge in [0.05, 0.1) is 23.4 Å². The standard InChI is InChI=1S/C19H16FN3O4/c1-2-21-16(24)10-22-17(25)11-3-8-14-15(9-11)19(27)23(18(14)26)13-6-4-12(20)5-7-13/h3-9H,2,10H2,1H3,(H,21,24)(H,22,25). The van der Waals surface area contributed by atoms with Gasteiger partial charge in [-0.15, -0.1) is 0 Å². The van der Waals surface area contributed by atoms with E-state index in [9.17, 15) is 23.6 Å². The highest BCUT2D eigenvalue weighted by atomic mass is 19.1. The molecule has 4 amide bonds. The minimum absolute atomic E-state index is 0.0787. The number of hydrogen-bond donors (Lipinski definition) is 2. The van der Waals surface area contributed by atoms with Crippen molar-refractivity contribution in [3.63, 3.8) is 0 Å². The Morgan fingerprint density at radius 2 is 1.63 bits per heavy atom. The average Bonchev–Trinajstić information content (AvgIpc) is 2.91. The van der Waals surface area contributed by atoms with Crippen molar-refractivity contribution in [2.45, 2.75) is 6.92 Å². The van der Waals surface area contributed by atoms with Crippen molar-refractivity contribution in [2.75, 3.05) is 18.0 Å². The predicted molar refractivity (Wildman–Crippen MR) is 95.0 cm³/mol. The molecule has 2 aromatic rings. The van der Waals surface area contributed by atoms with Crippen LogP contribution < -0.4 is 15.5 Å². The number of carbonyl (C=O) groups excluding carboxylic acids is 4. The number of imide groups is 1. The molecule has 8 heteroatoms. The smallest absolute Gasteiger partial charge is 0.266 e. The molecule has 0 aliphatic carbocycles. The van der Waals surface area contributed by atoms with Crippen LogP contribution in [0.2, 0.25) is 0 Å². The normalized spacial score (nSPS) is 12.7. The summed E-state index contributed by atoms with van der Waals surface area (Å²) in [4.78, 5) is 49.7. The lowest BCUT2D eigenvalue weighted by molar-refractivity contribution is -0.120. The molecule has 7 nitrogen and oxygen atoms in total. The van der Waals surface area contributed by atoms with Crippen molar-refractivity contribution < 1.29 is 23.6 Å². The van der Waals surface area contributed by atoms with E-state index in [0.717, 1.165) is 17.0 Å². The van der Waals surface area contributed by atoms with E-state index in [-0.39, 0.29) is 34.8 Å². The van der Waals surface area contributed by atoms with E-state index in [1.54, 1.807) is 6.92 Å². The summed E-state index contributed by atoms with van der Waals surface area (Å²) in [6, 6.07) is 9.07. The molecular formula is C19H16FN3O4. The van der Waals surface area contributed by atoms with E-state index in [1.165, 1.54) is 30.3 Å². The van der Waals surface area contributed by atoms with Crippen LogP contribution in [0.1, 0.15) is 38.0 Å². The van der Waals surface area contributed by atoms with E-state index in [2.05, 4.69) is 10.6 Å². The van der Waals surface area contributed by atoms with E-state index in [1.807, 2.05) is 0 Å². The molecule has 2 aromatic carbocycles. The summed E-state index contributed by atoms with van der Waals surface area (Å²) in [7, 11) is 0. The fraction of sp³-hybridized carbons (Fsp3) is 0.158. The number of amides is 4. The minimum atomic E-state index is -0.597. The average molecular weight is 369 g/mol. The quantitative estimate of drug-likeness (QED) is 0.781. The fourth-order valence-corrected chi connectivity index (χ4v) is 2.73. The summed E-state index contributed by atoms with van der Waals surface area (Å²) >= 11 is 0. The Labute approximate surface area is 154 Å². The zero-order valence-corrected chi connectivity index (χ0v) is 14.4. The highest BCUT2D eigenvalue weighted by molar-refractivity contribution is 6.34. The highest BCUT2D eigenvalue weighted by Crippen LogP contribution is 2.29. The molecule has 0 unspecified atom stereocenters. The second-order valence-corrected chi connectivity index (χ2v) is 5.82. The largest absolute Gasteiger partial charge is 0.355 e. The van der Waals surface area contributed by atoms with Crippen molar-refractivity contribution in [2.24, 2.45) is 0 Å². The summed E-state index contributed by atoms with van der Waals surface area (Å²) in [5, 5.41) is 5.00. The van der Waals surface area contributed by atoms with Gasteiger partial charge in [-0.2, -0.15) is 0 Å². The van der Waals surface area contributed by atoms with Gasteiger partial charge in [-0.3, -0.25) is 19.2 Å². The van der Waals surface area contributed by atoms with Gasteiger partial charge < -0.3 is 10.6 Å². The van der Waals surface area contributed by atoms with E-state index in [0.29, 0.717) is 6.54 Å². The molecule has 3 rings (SSSR count). The second kappa shape index (κ2) is 7.36. The molecule has 0 radical (unpaired) electrons. The fourth-order valence-electron chi connectivity index (χ4n) is 2.73. The van der Waals surface area contributed by atoms with Gasteiger partial charge in [0.1, 0.15) is 5.82 Å². The molecule has 1 aliphatic heterocycles. The van der Waals surface area contributed by atoms with Gasteiger partial charge in [-0.05, 0) is 49.4 Å². The van der Waals surface area contributed by atoms with Gasteiger partial charge >= 0.3 is 0 Å². The molecule has 0 spiro atoms. The van der Waals surface area contributed by atoms with Crippen molar-refractivity contribution in [3.8, 4) is 0 Å². The molecule has 0 saturated heterocycles. The van der Waals surface area contributed by atoms with Gasteiger partial charge in [0.25, 0.3) is 17.7 Å². The number of halogens is 1. The third-order valence-electron chi connectivity index (χ3n) is 4.02. The molecule has 0 saturated carbocycles. The third kappa shape index (κ3) is 3.55. The first kappa shape index (κ1) is 18.2.